The Labute approximate surface area is 79.5 Å². The van der Waals surface area contributed by atoms with Gasteiger partial charge in [-0.05, 0) is 28.1 Å². The summed E-state index contributed by atoms with van der Waals surface area (Å²) in [5.41, 5.74) is 0.484. The Morgan fingerprint density at radius 3 is 2.92 bits per heavy atom. The van der Waals surface area contributed by atoms with Crippen molar-refractivity contribution in [2.24, 2.45) is 0 Å². The third-order valence-electron chi connectivity index (χ3n) is 1.34. The van der Waals surface area contributed by atoms with Crippen molar-refractivity contribution >= 4 is 21.7 Å². The molecule has 0 aliphatic rings. The summed E-state index contributed by atoms with van der Waals surface area (Å²) < 4.78 is 0.873. The zero-order valence-corrected chi connectivity index (χ0v) is 8.04. The van der Waals surface area contributed by atoms with Crippen LogP contribution in [0.3, 0.4) is 0 Å². The number of hydrogen-bond acceptors (Lipinski definition) is 2. The topological polar surface area (TPSA) is 30.0 Å². The van der Waals surface area contributed by atoms with Crippen LogP contribution in [0.2, 0.25) is 0 Å². The van der Waals surface area contributed by atoms with Gasteiger partial charge < -0.3 is 0 Å². The lowest BCUT2D eigenvalue weighted by molar-refractivity contribution is 0.0991. The molecule has 1 aromatic rings. The molecule has 0 fully saturated rings. The number of ketones is 1. The van der Waals surface area contributed by atoms with Gasteiger partial charge in [0, 0.05) is 17.1 Å². The largest absolute Gasteiger partial charge is 0.292 e. The average Bonchev–Trinajstić information content (AvgIpc) is 2.06. The van der Waals surface area contributed by atoms with Gasteiger partial charge >= 0.3 is 0 Å². The van der Waals surface area contributed by atoms with E-state index in [1.807, 2.05) is 0 Å². The maximum Gasteiger partial charge on any atom is 0.184 e. The molecular formula is C9H8BrNO. The Morgan fingerprint density at radius 2 is 2.42 bits per heavy atom. The Hall–Kier alpha value is -0.960. The molecule has 1 aromatic heterocycles. The van der Waals surface area contributed by atoms with Gasteiger partial charge in [-0.3, -0.25) is 9.78 Å². The van der Waals surface area contributed by atoms with Crippen molar-refractivity contribution in [3.05, 3.63) is 41.2 Å². The van der Waals surface area contributed by atoms with Gasteiger partial charge in [-0.2, -0.15) is 0 Å². The van der Waals surface area contributed by atoms with E-state index in [-0.39, 0.29) is 5.78 Å². The summed E-state index contributed by atoms with van der Waals surface area (Å²) in [5, 5.41) is 0. The third-order valence-corrected chi connectivity index (χ3v) is 1.81. The molecular weight excluding hydrogens is 218 g/mol. The highest BCUT2D eigenvalue weighted by Crippen LogP contribution is 2.08. The lowest BCUT2D eigenvalue weighted by atomic mass is 10.2. The molecule has 62 valence electrons. The molecule has 2 nitrogen and oxygen atoms in total. The molecule has 0 saturated carbocycles. The van der Waals surface area contributed by atoms with Crippen LogP contribution in [0.1, 0.15) is 16.9 Å². The van der Waals surface area contributed by atoms with Gasteiger partial charge in [-0.1, -0.05) is 6.08 Å². The molecule has 1 heterocycles. The molecule has 0 saturated heterocycles. The van der Waals surface area contributed by atoms with Gasteiger partial charge in [-0.25, -0.2) is 0 Å². The number of pyridine rings is 1. The second-order valence-corrected chi connectivity index (χ2v) is 3.19. The minimum Gasteiger partial charge on any atom is -0.292 e. The summed E-state index contributed by atoms with van der Waals surface area (Å²) in [6.07, 6.45) is 3.52. The molecule has 0 atom stereocenters. The van der Waals surface area contributed by atoms with Crippen LogP contribution < -0.4 is 0 Å². The van der Waals surface area contributed by atoms with Crippen molar-refractivity contribution in [1.29, 1.82) is 0 Å². The third kappa shape index (κ3) is 2.27. The van der Waals surface area contributed by atoms with E-state index in [4.69, 9.17) is 0 Å². The first kappa shape index (κ1) is 9.13. The standard InChI is InChI=1S/C9H8BrNO/c1-2-3-9(12)8-5-4-7(10)6-11-8/h2,4-6H,1,3H2. The molecule has 0 aromatic carbocycles. The number of carbonyl (C=O) groups excluding carboxylic acids is 1. The molecule has 0 amide bonds. The molecule has 0 aliphatic carbocycles. The van der Waals surface area contributed by atoms with Gasteiger partial charge in [0.15, 0.2) is 5.78 Å². The van der Waals surface area contributed by atoms with Gasteiger partial charge in [0.25, 0.3) is 0 Å². The summed E-state index contributed by atoms with van der Waals surface area (Å²) in [4.78, 5) is 15.2. The van der Waals surface area contributed by atoms with Gasteiger partial charge in [0.2, 0.25) is 0 Å². The van der Waals surface area contributed by atoms with E-state index in [1.165, 1.54) is 0 Å². The Balaban J connectivity index is 2.82. The van der Waals surface area contributed by atoms with Crippen molar-refractivity contribution < 1.29 is 4.79 Å². The SMILES string of the molecule is C=CCC(=O)c1ccc(Br)cn1. The van der Waals surface area contributed by atoms with E-state index in [9.17, 15) is 4.79 Å². The number of rotatable bonds is 3. The summed E-state index contributed by atoms with van der Waals surface area (Å²) in [5.74, 6) is -0.00231. The summed E-state index contributed by atoms with van der Waals surface area (Å²) >= 11 is 3.24. The fourth-order valence-corrected chi connectivity index (χ4v) is 1.01. The maximum absolute atomic E-state index is 11.2. The molecule has 1 rings (SSSR count). The van der Waals surface area contributed by atoms with Crippen LogP contribution in [-0.2, 0) is 0 Å². The normalized spacial score (nSPS) is 9.42. The predicted octanol–water partition coefficient (Wildman–Crippen LogP) is 2.60. The van der Waals surface area contributed by atoms with Crippen LogP contribution in [0.15, 0.2) is 35.5 Å². The van der Waals surface area contributed by atoms with Gasteiger partial charge in [0.05, 0.1) is 0 Å². The maximum atomic E-state index is 11.2. The minimum absolute atomic E-state index is 0.00231. The van der Waals surface area contributed by atoms with Crippen molar-refractivity contribution in [1.82, 2.24) is 4.98 Å². The van der Waals surface area contributed by atoms with E-state index in [1.54, 1.807) is 24.4 Å². The van der Waals surface area contributed by atoms with Crippen LogP contribution in [0, 0.1) is 0 Å². The monoisotopic (exact) mass is 225 g/mol. The lowest BCUT2D eigenvalue weighted by Crippen LogP contribution is -1.99. The molecule has 0 unspecified atom stereocenters. The quantitative estimate of drug-likeness (QED) is 0.585. The summed E-state index contributed by atoms with van der Waals surface area (Å²) in [6.45, 7) is 3.49. The lowest BCUT2D eigenvalue weighted by Gasteiger charge is -1.95. The van der Waals surface area contributed by atoms with Crippen LogP contribution >= 0.6 is 15.9 Å². The summed E-state index contributed by atoms with van der Waals surface area (Å²) in [7, 11) is 0. The number of allylic oxidation sites excluding steroid dienone is 1. The van der Waals surface area contributed by atoms with Gasteiger partial charge in [-0.15, -0.1) is 6.58 Å². The Kier molecular flexibility index (Phi) is 3.17. The second-order valence-electron chi connectivity index (χ2n) is 2.28. The molecule has 12 heavy (non-hydrogen) atoms. The molecule has 0 spiro atoms. The fourth-order valence-electron chi connectivity index (χ4n) is 0.776. The van der Waals surface area contributed by atoms with Crippen LogP contribution in [0.25, 0.3) is 0 Å². The van der Waals surface area contributed by atoms with E-state index >= 15 is 0 Å². The zero-order chi connectivity index (χ0) is 8.97. The number of aromatic nitrogens is 1. The first-order valence-electron chi connectivity index (χ1n) is 3.49. The summed E-state index contributed by atoms with van der Waals surface area (Å²) in [6, 6.07) is 3.49. The van der Waals surface area contributed by atoms with Crippen molar-refractivity contribution in [2.45, 2.75) is 6.42 Å². The smallest absolute Gasteiger partial charge is 0.184 e. The highest BCUT2D eigenvalue weighted by molar-refractivity contribution is 9.10. The zero-order valence-electron chi connectivity index (χ0n) is 6.46. The second kappa shape index (κ2) is 4.16. The Morgan fingerprint density at radius 1 is 1.67 bits per heavy atom. The van der Waals surface area contributed by atoms with Crippen LogP contribution in [0.5, 0.6) is 0 Å². The van der Waals surface area contributed by atoms with Crippen molar-refractivity contribution in [3.63, 3.8) is 0 Å². The van der Waals surface area contributed by atoms with Crippen LogP contribution in [-0.4, -0.2) is 10.8 Å². The average molecular weight is 226 g/mol. The predicted molar refractivity (Wildman–Crippen MR) is 51.1 cm³/mol. The van der Waals surface area contributed by atoms with E-state index in [0.29, 0.717) is 12.1 Å². The fraction of sp³-hybridized carbons (Fsp3) is 0.111. The molecule has 0 N–H and O–H groups in total. The Bertz CT molecular complexity index is 292. The van der Waals surface area contributed by atoms with E-state index in [2.05, 4.69) is 27.5 Å². The van der Waals surface area contributed by atoms with Crippen molar-refractivity contribution in [3.8, 4) is 0 Å². The number of Topliss-reactive ketones (excluding diaryl/α,β-unsaturated/α-hetero) is 1. The first-order valence-corrected chi connectivity index (χ1v) is 4.29. The number of carbonyl (C=O) groups is 1. The highest BCUT2D eigenvalue weighted by atomic mass is 79.9. The number of halogens is 1. The first-order chi connectivity index (χ1) is 5.74. The van der Waals surface area contributed by atoms with E-state index < -0.39 is 0 Å². The molecule has 0 radical (unpaired) electrons. The minimum atomic E-state index is -0.00231. The number of nitrogens with zero attached hydrogens (tertiary/aromatic N) is 1. The number of hydrogen-bond donors (Lipinski definition) is 0. The molecule has 0 aliphatic heterocycles. The molecule has 3 heteroatoms. The van der Waals surface area contributed by atoms with Gasteiger partial charge in [0.1, 0.15) is 5.69 Å². The molecule has 0 bridgehead atoms. The van der Waals surface area contributed by atoms with E-state index in [0.717, 1.165) is 4.47 Å². The van der Waals surface area contributed by atoms with Crippen molar-refractivity contribution in [2.75, 3.05) is 0 Å². The van der Waals surface area contributed by atoms with Crippen LogP contribution in [0.4, 0.5) is 0 Å². The highest BCUT2D eigenvalue weighted by Gasteiger charge is 2.03.